The van der Waals surface area contributed by atoms with Gasteiger partial charge in [0.25, 0.3) is 0 Å². The van der Waals surface area contributed by atoms with Crippen molar-refractivity contribution in [1.82, 2.24) is 19.6 Å². The second-order valence-electron chi connectivity index (χ2n) is 3.32. The fourth-order valence-corrected chi connectivity index (χ4v) is 1.53. The van der Waals surface area contributed by atoms with E-state index in [0.29, 0.717) is 0 Å². The number of rotatable bonds is 2. The van der Waals surface area contributed by atoms with E-state index in [1.54, 1.807) is 21.8 Å². The number of hydrogen-bond acceptors (Lipinski definition) is 2. The van der Waals surface area contributed by atoms with Crippen LogP contribution in [0.5, 0.6) is 0 Å². The number of aromatic nitrogens is 4. The van der Waals surface area contributed by atoms with Crippen molar-refractivity contribution in [3.05, 3.63) is 61.2 Å². The minimum absolute atomic E-state index is 0. The van der Waals surface area contributed by atoms with Crippen LogP contribution >= 0.6 is 0 Å². The van der Waals surface area contributed by atoms with Crippen LogP contribution < -0.4 is 12.4 Å². The van der Waals surface area contributed by atoms with Gasteiger partial charge in [-0.15, -0.1) is 18.2 Å². The molecular formula is C12H9ClN4Pt+2. The summed E-state index contributed by atoms with van der Waals surface area (Å²) in [7, 11) is 0. The van der Waals surface area contributed by atoms with E-state index in [1.807, 2.05) is 42.7 Å². The van der Waals surface area contributed by atoms with Gasteiger partial charge in [0, 0.05) is 24.8 Å². The molecule has 0 aliphatic carbocycles. The maximum atomic E-state index is 4.16. The molecule has 0 spiro atoms. The molecule has 0 radical (unpaired) electrons. The Bertz CT molecular complexity index is 528. The standard InChI is InChI=1S/C12H9N4.ClH.Pt/c1-4-11(15-8-2-6-13-15)10-12(5-1)16-9-3-7-14-16;;/h1-9H;1H;/q-1;;+4/p-1. The molecule has 0 saturated carbocycles. The molecule has 3 aromatic rings. The van der Waals surface area contributed by atoms with E-state index < -0.39 is 0 Å². The summed E-state index contributed by atoms with van der Waals surface area (Å²) in [6.07, 6.45) is 7.26. The van der Waals surface area contributed by atoms with Crippen molar-refractivity contribution in [2.45, 2.75) is 0 Å². The summed E-state index contributed by atoms with van der Waals surface area (Å²) in [6.45, 7) is 0. The van der Waals surface area contributed by atoms with Gasteiger partial charge >= 0.3 is 21.1 Å². The maximum absolute atomic E-state index is 4.16. The molecule has 92 valence electrons. The van der Waals surface area contributed by atoms with E-state index in [9.17, 15) is 0 Å². The molecule has 2 heterocycles. The second-order valence-corrected chi connectivity index (χ2v) is 3.32. The van der Waals surface area contributed by atoms with E-state index in [2.05, 4.69) is 16.3 Å². The van der Waals surface area contributed by atoms with Crippen molar-refractivity contribution in [3.8, 4) is 11.4 Å². The van der Waals surface area contributed by atoms with E-state index in [-0.39, 0.29) is 33.5 Å². The first-order chi connectivity index (χ1) is 7.93. The van der Waals surface area contributed by atoms with Crippen LogP contribution in [0.25, 0.3) is 11.4 Å². The summed E-state index contributed by atoms with van der Waals surface area (Å²) in [5.41, 5.74) is 1.80. The zero-order valence-electron chi connectivity index (χ0n) is 9.18. The third-order valence-corrected chi connectivity index (χ3v) is 2.27. The van der Waals surface area contributed by atoms with Crippen molar-refractivity contribution in [2.24, 2.45) is 0 Å². The Labute approximate surface area is 125 Å². The predicted molar refractivity (Wildman–Crippen MR) is 59.5 cm³/mol. The van der Waals surface area contributed by atoms with Crippen LogP contribution in [0.2, 0.25) is 0 Å². The smallest absolute Gasteiger partial charge is 1.00 e. The van der Waals surface area contributed by atoms with E-state index in [4.69, 9.17) is 0 Å². The molecule has 3 rings (SSSR count). The molecule has 0 fully saturated rings. The molecule has 0 unspecified atom stereocenters. The molecule has 0 aliphatic heterocycles. The first kappa shape index (κ1) is 14.7. The second kappa shape index (κ2) is 6.52. The topological polar surface area (TPSA) is 35.6 Å². The Hall–Kier alpha value is -1.38. The molecule has 0 aliphatic rings. The van der Waals surface area contributed by atoms with Gasteiger partial charge in [0.15, 0.2) is 0 Å². The first-order valence-electron chi connectivity index (χ1n) is 4.96. The molecule has 0 saturated heterocycles. The molecule has 0 N–H and O–H groups in total. The molecule has 0 bridgehead atoms. The molecule has 0 amide bonds. The summed E-state index contributed by atoms with van der Waals surface area (Å²) < 4.78 is 3.54. The molecule has 4 nitrogen and oxygen atoms in total. The van der Waals surface area contributed by atoms with Gasteiger partial charge in [-0.3, -0.25) is 9.36 Å². The van der Waals surface area contributed by atoms with E-state index in [0.717, 1.165) is 11.4 Å². The number of benzene rings is 1. The predicted octanol–water partition coefficient (Wildman–Crippen LogP) is -1.14. The van der Waals surface area contributed by atoms with Gasteiger partial charge in [-0.25, -0.2) is 0 Å². The van der Waals surface area contributed by atoms with Gasteiger partial charge in [-0.05, 0) is 23.5 Å². The minimum Gasteiger partial charge on any atom is -1.00 e. The van der Waals surface area contributed by atoms with Crippen LogP contribution in [-0.4, -0.2) is 19.6 Å². The summed E-state index contributed by atoms with van der Waals surface area (Å²) >= 11 is 0. The third-order valence-electron chi connectivity index (χ3n) is 2.27. The molecular weight excluding hydrogens is 431 g/mol. The van der Waals surface area contributed by atoms with Gasteiger partial charge in [-0.1, -0.05) is 0 Å². The monoisotopic (exact) mass is 439 g/mol. The zero-order chi connectivity index (χ0) is 10.8. The Kier molecular flexibility index (Phi) is 5.32. The molecule has 18 heavy (non-hydrogen) atoms. The van der Waals surface area contributed by atoms with Gasteiger partial charge in [-0.2, -0.15) is 16.3 Å². The number of nitrogens with zero attached hydrogens (tertiary/aromatic N) is 4. The van der Waals surface area contributed by atoms with Crippen molar-refractivity contribution in [2.75, 3.05) is 0 Å². The van der Waals surface area contributed by atoms with Crippen molar-refractivity contribution in [1.29, 1.82) is 0 Å². The zero-order valence-corrected chi connectivity index (χ0v) is 12.2. The van der Waals surface area contributed by atoms with Gasteiger partial charge in [0.2, 0.25) is 0 Å². The fourth-order valence-electron chi connectivity index (χ4n) is 1.53. The average molecular weight is 440 g/mol. The quantitative estimate of drug-likeness (QED) is 0.473. The SMILES string of the molecule is [Cl-].[Pt+4].[c-]1c(-n2cccn2)cccc1-n1cccn1. The van der Waals surface area contributed by atoms with Crippen molar-refractivity contribution >= 4 is 0 Å². The van der Waals surface area contributed by atoms with E-state index >= 15 is 0 Å². The van der Waals surface area contributed by atoms with Crippen molar-refractivity contribution < 1.29 is 33.5 Å². The van der Waals surface area contributed by atoms with Gasteiger partial charge in [0.1, 0.15) is 0 Å². The van der Waals surface area contributed by atoms with Crippen LogP contribution in [0.15, 0.2) is 55.1 Å². The summed E-state index contributed by atoms with van der Waals surface area (Å²) in [6, 6.07) is 12.9. The maximum Gasteiger partial charge on any atom is 4.00 e. The van der Waals surface area contributed by atoms with Crippen LogP contribution in [-0.2, 0) is 21.1 Å². The summed E-state index contributed by atoms with van der Waals surface area (Å²) in [5, 5.41) is 8.33. The van der Waals surface area contributed by atoms with Crippen LogP contribution in [0, 0.1) is 6.07 Å². The summed E-state index contributed by atoms with van der Waals surface area (Å²) in [4.78, 5) is 0. The molecule has 6 heteroatoms. The van der Waals surface area contributed by atoms with Crippen LogP contribution in [0.1, 0.15) is 0 Å². The fraction of sp³-hybridized carbons (Fsp3) is 0. The normalized spacial score (nSPS) is 9.33. The van der Waals surface area contributed by atoms with Crippen molar-refractivity contribution in [3.63, 3.8) is 0 Å². The largest absolute Gasteiger partial charge is 4.00 e. The molecule has 1 aromatic carbocycles. The number of hydrogen-bond donors (Lipinski definition) is 0. The molecule has 2 aromatic heterocycles. The Morgan fingerprint density at radius 3 is 1.72 bits per heavy atom. The Balaban J connectivity index is 0.000000810. The van der Waals surface area contributed by atoms with Gasteiger partial charge in [0.05, 0.1) is 0 Å². The molecule has 0 atom stereocenters. The first-order valence-corrected chi connectivity index (χ1v) is 4.96. The van der Waals surface area contributed by atoms with Gasteiger partial charge < -0.3 is 12.4 Å². The summed E-state index contributed by atoms with van der Waals surface area (Å²) in [5.74, 6) is 0. The van der Waals surface area contributed by atoms with E-state index in [1.165, 1.54) is 0 Å². The average Bonchev–Trinajstić information content (AvgIpc) is 3.03. The van der Waals surface area contributed by atoms with Crippen LogP contribution in [0.3, 0.4) is 0 Å². The minimum atomic E-state index is 0. The third kappa shape index (κ3) is 2.89. The Morgan fingerprint density at radius 2 is 1.33 bits per heavy atom. The number of halogens is 1. The van der Waals surface area contributed by atoms with Crippen LogP contribution in [0.4, 0.5) is 0 Å². The Morgan fingerprint density at radius 1 is 0.833 bits per heavy atom.